The van der Waals surface area contributed by atoms with Crippen LogP contribution in [0.2, 0.25) is 0 Å². The minimum Gasteiger partial charge on any atom is -0.326 e. The fourth-order valence-corrected chi connectivity index (χ4v) is 4.85. The summed E-state index contributed by atoms with van der Waals surface area (Å²) in [5.74, 6) is 0. The predicted octanol–water partition coefficient (Wildman–Crippen LogP) is 7.71. The molecule has 3 heteroatoms. The van der Waals surface area contributed by atoms with Crippen LogP contribution >= 0.6 is 0 Å². The van der Waals surface area contributed by atoms with Crippen LogP contribution in [0.3, 0.4) is 0 Å². The van der Waals surface area contributed by atoms with Crippen LogP contribution in [0.25, 0.3) is 27.5 Å². The van der Waals surface area contributed by atoms with Gasteiger partial charge in [0.15, 0.2) is 0 Å². The summed E-state index contributed by atoms with van der Waals surface area (Å²) >= 11 is 0. The van der Waals surface area contributed by atoms with Gasteiger partial charge in [0.1, 0.15) is 0 Å². The number of anilines is 3. The smallest absolute Gasteiger partial charge is 0.0782 e. The molecule has 0 saturated carbocycles. The highest BCUT2D eigenvalue weighted by molar-refractivity contribution is 6.14. The molecule has 0 spiro atoms. The summed E-state index contributed by atoms with van der Waals surface area (Å²) < 4.78 is 2.38. The second kappa shape index (κ2) is 8.54. The number of hydrogen-bond acceptors (Lipinski definition) is 2. The average Bonchev–Trinajstić information content (AvgIpc) is 3.25. The largest absolute Gasteiger partial charge is 0.326 e. The van der Waals surface area contributed by atoms with E-state index in [1.54, 1.807) is 0 Å². The monoisotopic (exact) mass is 439 g/mol. The van der Waals surface area contributed by atoms with Crippen molar-refractivity contribution in [1.29, 1.82) is 0 Å². The van der Waals surface area contributed by atoms with Crippen LogP contribution in [0, 0.1) is 0 Å². The highest BCUT2D eigenvalue weighted by Gasteiger charge is 2.21. The van der Waals surface area contributed by atoms with Crippen molar-refractivity contribution >= 4 is 38.9 Å². The molecule has 0 aliphatic rings. The third-order valence-corrected chi connectivity index (χ3v) is 6.35. The Bertz CT molecular complexity index is 1580. The molecule has 0 bridgehead atoms. The summed E-state index contributed by atoms with van der Waals surface area (Å²) in [4.78, 5) is 2.33. The summed E-state index contributed by atoms with van der Waals surface area (Å²) in [6, 6.07) is 44.9. The molecule has 0 radical (unpaired) electrons. The summed E-state index contributed by atoms with van der Waals surface area (Å²) in [5, 5.41) is 2.47. The maximum atomic E-state index is 6.02. The van der Waals surface area contributed by atoms with E-state index < -0.39 is 0 Å². The molecular formula is C31H25N3. The molecule has 0 saturated heterocycles. The van der Waals surface area contributed by atoms with Gasteiger partial charge in [-0.05, 0) is 54.1 Å². The first-order valence-corrected chi connectivity index (χ1v) is 11.6. The fraction of sp³-hybridized carbons (Fsp3) is 0.0323. The predicted molar refractivity (Wildman–Crippen MR) is 143 cm³/mol. The van der Waals surface area contributed by atoms with Crippen molar-refractivity contribution in [2.45, 2.75) is 6.54 Å². The normalized spacial score (nSPS) is 11.2. The number of rotatable bonds is 5. The van der Waals surface area contributed by atoms with E-state index in [9.17, 15) is 0 Å². The van der Waals surface area contributed by atoms with E-state index >= 15 is 0 Å². The van der Waals surface area contributed by atoms with Crippen LogP contribution in [0.15, 0.2) is 127 Å². The van der Waals surface area contributed by atoms with Crippen LogP contribution < -0.4 is 10.6 Å². The van der Waals surface area contributed by atoms with Gasteiger partial charge in [0.05, 0.1) is 16.7 Å². The first kappa shape index (κ1) is 20.3. The van der Waals surface area contributed by atoms with Gasteiger partial charge < -0.3 is 15.2 Å². The lowest BCUT2D eigenvalue weighted by Crippen LogP contribution is -2.12. The number of fused-ring (bicyclic) bond motifs is 3. The van der Waals surface area contributed by atoms with Crippen molar-refractivity contribution in [2.75, 3.05) is 4.90 Å². The highest BCUT2D eigenvalue weighted by Crippen LogP contribution is 2.43. The van der Waals surface area contributed by atoms with Gasteiger partial charge >= 0.3 is 0 Å². The number of aromatic nitrogens is 1. The van der Waals surface area contributed by atoms with Gasteiger partial charge in [-0.1, -0.05) is 78.9 Å². The second-order valence-electron chi connectivity index (χ2n) is 8.41. The van der Waals surface area contributed by atoms with Crippen molar-refractivity contribution in [1.82, 2.24) is 4.57 Å². The Labute approximate surface area is 199 Å². The zero-order valence-electron chi connectivity index (χ0n) is 18.8. The van der Waals surface area contributed by atoms with Crippen molar-refractivity contribution in [3.05, 3.63) is 133 Å². The van der Waals surface area contributed by atoms with Gasteiger partial charge in [0, 0.05) is 34.4 Å². The molecule has 0 amide bonds. The van der Waals surface area contributed by atoms with E-state index in [1.165, 1.54) is 21.8 Å². The molecule has 0 fully saturated rings. The zero-order valence-corrected chi connectivity index (χ0v) is 18.8. The summed E-state index contributed by atoms with van der Waals surface area (Å²) in [6.45, 7) is 0.505. The van der Waals surface area contributed by atoms with E-state index in [-0.39, 0.29) is 0 Å². The van der Waals surface area contributed by atoms with E-state index in [4.69, 9.17) is 5.73 Å². The molecule has 5 aromatic carbocycles. The summed E-state index contributed by atoms with van der Waals surface area (Å²) in [6.07, 6.45) is 0. The Kier molecular flexibility index (Phi) is 5.10. The van der Waals surface area contributed by atoms with Crippen molar-refractivity contribution in [2.24, 2.45) is 5.73 Å². The molecule has 1 heterocycles. The van der Waals surface area contributed by atoms with Gasteiger partial charge in [-0.3, -0.25) is 0 Å². The minimum absolute atomic E-state index is 0.505. The molecule has 0 atom stereocenters. The van der Waals surface area contributed by atoms with Gasteiger partial charge in [-0.25, -0.2) is 0 Å². The summed E-state index contributed by atoms with van der Waals surface area (Å²) in [7, 11) is 0. The number of benzene rings is 5. The first-order valence-electron chi connectivity index (χ1n) is 11.6. The lowest BCUT2D eigenvalue weighted by atomic mass is 10.1. The van der Waals surface area contributed by atoms with Crippen LogP contribution in [0.1, 0.15) is 5.56 Å². The molecular weight excluding hydrogens is 414 g/mol. The molecule has 6 aromatic rings. The van der Waals surface area contributed by atoms with Gasteiger partial charge in [0.25, 0.3) is 0 Å². The van der Waals surface area contributed by atoms with Crippen molar-refractivity contribution < 1.29 is 0 Å². The highest BCUT2D eigenvalue weighted by atomic mass is 15.2. The molecule has 1 aromatic heterocycles. The topological polar surface area (TPSA) is 34.2 Å². The average molecular weight is 440 g/mol. The van der Waals surface area contributed by atoms with Gasteiger partial charge in [0.2, 0.25) is 0 Å². The van der Waals surface area contributed by atoms with Gasteiger partial charge in [-0.2, -0.15) is 0 Å². The lowest BCUT2D eigenvalue weighted by Gasteiger charge is -2.27. The summed E-state index contributed by atoms with van der Waals surface area (Å²) in [5.41, 5.74) is 14.0. The van der Waals surface area contributed by atoms with E-state index in [2.05, 4.69) is 137 Å². The van der Waals surface area contributed by atoms with E-state index in [0.717, 1.165) is 28.3 Å². The molecule has 0 aliphatic carbocycles. The maximum absolute atomic E-state index is 6.02. The Morgan fingerprint density at radius 2 is 1.24 bits per heavy atom. The molecule has 3 nitrogen and oxygen atoms in total. The third-order valence-electron chi connectivity index (χ3n) is 6.35. The van der Waals surface area contributed by atoms with Crippen LogP contribution in [-0.2, 0) is 6.54 Å². The third kappa shape index (κ3) is 3.35. The SMILES string of the molecule is NCc1cccc(N(c2ccccc2)c2cccc3c4ccccc4n(-c4ccccc4)c23)c1. The lowest BCUT2D eigenvalue weighted by molar-refractivity contribution is 1.07. The van der Waals surface area contributed by atoms with Crippen molar-refractivity contribution in [3.8, 4) is 5.69 Å². The second-order valence-corrected chi connectivity index (χ2v) is 8.41. The minimum atomic E-state index is 0.505. The zero-order chi connectivity index (χ0) is 22.9. The number of hydrogen-bond donors (Lipinski definition) is 1. The van der Waals surface area contributed by atoms with E-state index in [0.29, 0.717) is 6.54 Å². The first-order chi connectivity index (χ1) is 16.8. The Balaban J connectivity index is 1.73. The molecule has 164 valence electrons. The maximum Gasteiger partial charge on any atom is 0.0782 e. The molecule has 0 unspecified atom stereocenters. The fourth-order valence-electron chi connectivity index (χ4n) is 4.85. The Morgan fingerprint density at radius 1 is 0.588 bits per heavy atom. The van der Waals surface area contributed by atoms with Crippen molar-refractivity contribution in [3.63, 3.8) is 0 Å². The standard InChI is InChI=1S/C31H25N3/c32-22-23-11-9-16-26(21-23)33(24-12-3-1-4-13-24)30-20-10-18-28-27-17-7-8-19-29(27)34(31(28)30)25-14-5-2-6-15-25/h1-21H,22,32H2. The molecule has 0 aliphatic heterocycles. The van der Waals surface area contributed by atoms with Gasteiger partial charge in [-0.15, -0.1) is 0 Å². The number of nitrogens with two attached hydrogens (primary N) is 1. The molecule has 34 heavy (non-hydrogen) atoms. The number of para-hydroxylation sites is 4. The van der Waals surface area contributed by atoms with Crippen LogP contribution in [-0.4, -0.2) is 4.57 Å². The van der Waals surface area contributed by atoms with Crippen LogP contribution in [0.5, 0.6) is 0 Å². The molecule has 2 N–H and O–H groups in total. The van der Waals surface area contributed by atoms with Crippen LogP contribution in [0.4, 0.5) is 17.1 Å². The quantitative estimate of drug-likeness (QED) is 0.298. The molecule has 6 rings (SSSR count). The van der Waals surface area contributed by atoms with E-state index in [1.807, 2.05) is 0 Å². The Morgan fingerprint density at radius 3 is 2.03 bits per heavy atom. The number of nitrogens with zero attached hydrogens (tertiary/aromatic N) is 2. The Hall–Kier alpha value is -4.34.